The Labute approximate surface area is 170 Å². The van der Waals surface area contributed by atoms with E-state index in [1.807, 2.05) is 55.6 Å². The number of allylic oxidation sites excluding steroid dienone is 2. The van der Waals surface area contributed by atoms with E-state index in [1.54, 1.807) is 0 Å². The molecule has 0 radical (unpaired) electrons. The topological polar surface area (TPSA) is 20.3 Å². The molecule has 0 N–H and O–H groups in total. The summed E-state index contributed by atoms with van der Waals surface area (Å²) in [6, 6.07) is 17.9. The number of hydrogen-bond acceptors (Lipinski definition) is 2. The summed E-state index contributed by atoms with van der Waals surface area (Å²) in [5, 5.41) is 0. The summed E-state index contributed by atoms with van der Waals surface area (Å²) in [4.78, 5) is 15.6. The quantitative estimate of drug-likeness (QED) is 0.425. The third kappa shape index (κ3) is 4.55. The molecule has 3 rings (SSSR count). The van der Waals surface area contributed by atoms with Crippen molar-refractivity contribution in [1.82, 2.24) is 4.90 Å². The molecule has 0 aliphatic heterocycles. The lowest BCUT2D eigenvalue weighted by atomic mass is 9.74. The first-order chi connectivity index (χ1) is 13.0. The van der Waals surface area contributed by atoms with E-state index in [1.165, 1.54) is 5.56 Å². The van der Waals surface area contributed by atoms with Gasteiger partial charge in [0.05, 0.1) is 5.41 Å². The van der Waals surface area contributed by atoms with E-state index >= 15 is 0 Å². The first kappa shape index (κ1) is 19.5. The number of likely N-dealkylation sites (N-methyl/N-ethyl adjacent to an activating group) is 1. The molecule has 138 valence electrons. The molecule has 0 saturated heterocycles. The van der Waals surface area contributed by atoms with E-state index in [0.29, 0.717) is 6.54 Å². The van der Waals surface area contributed by atoms with Gasteiger partial charge in [-0.3, -0.25) is 4.79 Å². The van der Waals surface area contributed by atoms with Crippen molar-refractivity contribution in [3.63, 3.8) is 0 Å². The molecule has 1 aliphatic rings. The van der Waals surface area contributed by atoms with Gasteiger partial charge in [0, 0.05) is 29.0 Å². The summed E-state index contributed by atoms with van der Waals surface area (Å²) in [5.74, 6) is 0.312. The fourth-order valence-corrected chi connectivity index (χ4v) is 3.76. The normalized spacial score (nSPS) is 21.4. The molecular weight excluding hydrogens is 398 g/mol. The van der Waals surface area contributed by atoms with Crippen LogP contribution in [0.5, 0.6) is 0 Å². The molecule has 3 heteroatoms. The van der Waals surface area contributed by atoms with Gasteiger partial charge in [0.2, 0.25) is 0 Å². The van der Waals surface area contributed by atoms with Crippen LogP contribution in [0.4, 0.5) is 0 Å². The van der Waals surface area contributed by atoms with Crippen LogP contribution >= 0.6 is 15.9 Å². The number of Topliss-reactive ketones (excluding diaryl/α,β-unsaturated/α-hetero) is 1. The Morgan fingerprint density at radius 3 is 2.33 bits per heavy atom. The van der Waals surface area contributed by atoms with Crippen molar-refractivity contribution in [3.05, 3.63) is 107 Å². The van der Waals surface area contributed by atoms with E-state index < -0.39 is 5.41 Å². The fraction of sp³-hybridized carbons (Fsp3) is 0.208. The van der Waals surface area contributed by atoms with Crippen LogP contribution in [0.25, 0.3) is 0 Å². The van der Waals surface area contributed by atoms with Crippen LogP contribution in [0.1, 0.15) is 21.8 Å². The van der Waals surface area contributed by atoms with E-state index in [9.17, 15) is 4.79 Å². The first-order valence-corrected chi connectivity index (χ1v) is 9.87. The molecule has 0 aromatic heterocycles. The van der Waals surface area contributed by atoms with Gasteiger partial charge >= 0.3 is 0 Å². The Morgan fingerprint density at radius 1 is 1.11 bits per heavy atom. The minimum Gasteiger partial charge on any atom is -0.301 e. The average molecular weight is 422 g/mol. The van der Waals surface area contributed by atoms with Crippen LogP contribution in [-0.2, 0) is 0 Å². The molecule has 0 saturated carbocycles. The summed E-state index contributed by atoms with van der Waals surface area (Å²) < 4.78 is 0.968. The van der Waals surface area contributed by atoms with Crippen LogP contribution < -0.4 is 0 Å². The van der Waals surface area contributed by atoms with Gasteiger partial charge in [0.15, 0.2) is 5.78 Å². The lowest BCUT2D eigenvalue weighted by Gasteiger charge is -2.33. The second kappa shape index (κ2) is 8.64. The monoisotopic (exact) mass is 421 g/mol. The standard InChI is InChI=1S/C24H24BrNO/c1-3-17-26(2)18-24(23(27)21-9-11-22(25)12-10-21)15-13-20(14-16-24)19-7-5-4-6-8-19/h3-16,20H,1,17-18H2,2H3. The Balaban J connectivity index is 1.92. The van der Waals surface area contributed by atoms with Crippen LogP contribution in [0.15, 0.2) is 96.0 Å². The second-order valence-electron chi connectivity index (χ2n) is 7.02. The molecule has 0 bridgehead atoms. The van der Waals surface area contributed by atoms with Gasteiger partial charge in [0.25, 0.3) is 0 Å². The number of nitrogens with zero attached hydrogens (tertiary/aromatic N) is 1. The number of rotatable bonds is 7. The van der Waals surface area contributed by atoms with E-state index in [4.69, 9.17) is 0 Å². The second-order valence-corrected chi connectivity index (χ2v) is 7.93. The van der Waals surface area contributed by atoms with Crippen LogP contribution in [0.3, 0.4) is 0 Å². The largest absolute Gasteiger partial charge is 0.301 e. The zero-order valence-electron chi connectivity index (χ0n) is 15.5. The van der Waals surface area contributed by atoms with Gasteiger partial charge in [-0.25, -0.2) is 0 Å². The highest BCUT2D eigenvalue weighted by Crippen LogP contribution is 2.35. The van der Waals surface area contributed by atoms with Crippen molar-refractivity contribution in [2.45, 2.75) is 5.92 Å². The number of ketones is 1. The summed E-state index contributed by atoms with van der Waals surface area (Å²) in [6.45, 7) is 5.16. The molecule has 0 spiro atoms. The smallest absolute Gasteiger partial charge is 0.177 e. The minimum atomic E-state index is -0.670. The molecule has 0 fully saturated rings. The highest BCUT2D eigenvalue weighted by molar-refractivity contribution is 9.10. The third-order valence-corrected chi connectivity index (χ3v) is 5.42. The highest BCUT2D eigenvalue weighted by Gasteiger charge is 2.37. The average Bonchev–Trinajstić information content (AvgIpc) is 2.69. The maximum absolute atomic E-state index is 13.4. The summed E-state index contributed by atoms with van der Waals surface area (Å²) in [5.41, 5.74) is 1.28. The third-order valence-electron chi connectivity index (χ3n) is 4.89. The summed E-state index contributed by atoms with van der Waals surface area (Å²) >= 11 is 3.44. The Hall–Kier alpha value is -2.23. The van der Waals surface area contributed by atoms with E-state index in [2.05, 4.69) is 63.8 Å². The van der Waals surface area contributed by atoms with Crippen molar-refractivity contribution in [3.8, 4) is 0 Å². The molecule has 0 heterocycles. The number of hydrogen-bond donors (Lipinski definition) is 0. The van der Waals surface area contributed by atoms with Crippen LogP contribution in [0, 0.1) is 5.41 Å². The lowest BCUT2D eigenvalue weighted by molar-refractivity contribution is 0.0860. The van der Waals surface area contributed by atoms with Crippen LogP contribution in [0.2, 0.25) is 0 Å². The molecule has 2 nitrogen and oxygen atoms in total. The highest BCUT2D eigenvalue weighted by atomic mass is 79.9. The van der Waals surface area contributed by atoms with Gasteiger partial charge in [-0.15, -0.1) is 6.58 Å². The zero-order valence-corrected chi connectivity index (χ0v) is 17.1. The van der Waals surface area contributed by atoms with Crippen molar-refractivity contribution < 1.29 is 4.79 Å². The van der Waals surface area contributed by atoms with Crippen molar-refractivity contribution in [2.75, 3.05) is 20.1 Å². The van der Waals surface area contributed by atoms with Gasteiger partial charge in [-0.05, 0) is 24.7 Å². The number of carbonyl (C=O) groups excluding carboxylic acids is 1. The summed E-state index contributed by atoms with van der Waals surface area (Å²) in [7, 11) is 2.02. The molecule has 27 heavy (non-hydrogen) atoms. The molecular formula is C24H24BrNO. The predicted molar refractivity (Wildman–Crippen MR) is 116 cm³/mol. The van der Waals surface area contributed by atoms with Gasteiger partial charge in [0.1, 0.15) is 0 Å². The Morgan fingerprint density at radius 2 is 1.74 bits per heavy atom. The van der Waals surface area contributed by atoms with Gasteiger partial charge < -0.3 is 4.90 Å². The molecule has 0 unspecified atom stereocenters. The van der Waals surface area contributed by atoms with Crippen molar-refractivity contribution in [2.24, 2.45) is 5.41 Å². The summed E-state index contributed by atoms with van der Waals surface area (Å²) in [6.07, 6.45) is 10.3. The van der Waals surface area contributed by atoms with E-state index in [-0.39, 0.29) is 11.7 Å². The number of carbonyl (C=O) groups is 1. The van der Waals surface area contributed by atoms with Gasteiger partial charge in [-0.1, -0.05) is 88.8 Å². The molecule has 0 atom stereocenters. The van der Waals surface area contributed by atoms with E-state index in [0.717, 1.165) is 16.6 Å². The van der Waals surface area contributed by atoms with Gasteiger partial charge in [-0.2, -0.15) is 0 Å². The van der Waals surface area contributed by atoms with Crippen LogP contribution in [-0.4, -0.2) is 30.8 Å². The maximum Gasteiger partial charge on any atom is 0.177 e. The molecule has 0 amide bonds. The van der Waals surface area contributed by atoms with Crippen molar-refractivity contribution >= 4 is 21.7 Å². The zero-order chi connectivity index (χ0) is 19.3. The maximum atomic E-state index is 13.4. The molecule has 2 aromatic carbocycles. The lowest BCUT2D eigenvalue weighted by Crippen LogP contribution is -2.40. The molecule has 1 aliphatic carbocycles. The minimum absolute atomic E-state index is 0.116. The number of benzene rings is 2. The Kier molecular flexibility index (Phi) is 6.25. The Bertz CT molecular complexity index is 838. The number of halogens is 1. The fourth-order valence-electron chi connectivity index (χ4n) is 3.50. The predicted octanol–water partition coefficient (Wildman–Crippen LogP) is 5.65. The SMILES string of the molecule is C=CCN(C)CC1(C(=O)c2ccc(Br)cc2)C=CC(c2ccccc2)C=C1. The van der Waals surface area contributed by atoms with Crippen molar-refractivity contribution in [1.29, 1.82) is 0 Å². The first-order valence-electron chi connectivity index (χ1n) is 9.07. The molecule has 2 aromatic rings.